The van der Waals surface area contributed by atoms with Gasteiger partial charge in [-0.3, -0.25) is 0 Å². The number of hydrogen-bond acceptors (Lipinski definition) is 0. The highest BCUT2D eigenvalue weighted by molar-refractivity contribution is 6.21. The molecule has 1 fully saturated rings. The Balaban J connectivity index is 2.27. The van der Waals surface area contributed by atoms with E-state index in [-0.39, 0.29) is 11.2 Å². The highest BCUT2D eigenvalue weighted by atomic mass is 35.5. The van der Waals surface area contributed by atoms with Gasteiger partial charge in [0.2, 0.25) is 0 Å². The zero-order valence-corrected chi connectivity index (χ0v) is 9.94. The first-order valence-corrected chi connectivity index (χ1v) is 5.94. The Hall–Kier alpha value is -0.560. The van der Waals surface area contributed by atoms with Gasteiger partial charge in [0.25, 0.3) is 0 Å². The first kappa shape index (κ1) is 10.9. The third-order valence-corrected chi connectivity index (χ3v) is 3.95. The van der Waals surface area contributed by atoms with Crippen LogP contribution in [-0.2, 0) is 0 Å². The van der Waals surface area contributed by atoms with Crippen LogP contribution in [0.15, 0.2) is 12.1 Å². The zero-order chi connectivity index (χ0) is 11.0. The van der Waals surface area contributed by atoms with Crippen LogP contribution in [-0.4, -0.2) is 0 Å². The van der Waals surface area contributed by atoms with E-state index in [1.165, 1.54) is 19.3 Å². The molecule has 0 spiro atoms. The maximum absolute atomic E-state index is 13.4. The fraction of sp³-hybridized carbons (Fsp3) is 0.538. The summed E-state index contributed by atoms with van der Waals surface area (Å²) in [5.74, 6) is 0.493. The van der Waals surface area contributed by atoms with Gasteiger partial charge < -0.3 is 0 Å². The molecule has 1 aliphatic carbocycles. The lowest BCUT2D eigenvalue weighted by atomic mass is 9.80. The molecular formula is C13H16ClF. The van der Waals surface area contributed by atoms with Crippen molar-refractivity contribution in [3.8, 4) is 0 Å². The van der Waals surface area contributed by atoms with E-state index in [9.17, 15) is 4.39 Å². The predicted octanol–water partition coefficient (Wildman–Crippen LogP) is 4.52. The molecule has 2 rings (SSSR count). The quantitative estimate of drug-likeness (QED) is 0.651. The average Bonchev–Trinajstić information content (AvgIpc) is 2.10. The van der Waals surface area contributed by atoms with Crippen molar-refractivity contribution in [3.63, 3.8) is 0 Å². The summed E-state index contributed by atoms with van der Waals surface area (Å²) >= 11 is 6.38. The van der Waals surface area contributed by atoms with Crippen molar-refractivity contribution in [1.82, 2.24) is 0 Å². The molecule has 1 aromatic rings. The molecule has 0 radical (unpaired) electrons. The van der Waals surface area contributed by atoms with Crippen molar-refractivity contribution in [1.29, 1.82) is 0 Å². The molecule has 1 unspecified atom stereocenters. The second-order valence-corrected chi connectivity index (χ2v) is 5.03. The van der Waals surface area contributed by atoms with Gasteiger partial charge in [0, 0.05) is 0 Å². The molecule has 0 nitrogen and oxygen atoms in total. The maximum Gasteiger partial charge on any atom is 0.129 e. The van der Waals surface area contributed by atoms with Gasteiger partial charge in [-0.2, -0.15) is 0 Å². The Labute approximate surface area is 95.4 Å². The normalized spacial score (nSPS) is 18.7. The summed E-state index contributed by atoms with van der Waals surface area (Å²) in [4.78, 5) is 0. The molecule has 0 aromatic heterocycles. The van der Waals surface area contributed by atoms with Crippen LogP contribution in [0.1, 0.15) is 41.3 Å². The number of hydrogen-bond donors (Lipinski definition) is 0. The minimum absolute atomic E-state index is 0.0664. The Morgan fingerprint density at radius 3 is 2.20 bits per heavy atom. The van der Waals surface area contributed by atoms with Gasteiger partial charge in [-0.25, -0.2) is 4.39 Å². The molecular weight excluding hydrogens is 211 g/mol. The van der Waals surface area contributed by atoms with Crippen LogP contribution in [0.3, 0.4) is 0 Å². The van der Waals surface area contributed by atoms with Crippen LogP contribution in [0.4, 0.5) is 4.39 Å². The minimum atomic E-state index is -0.101. The zero-order valence-electron chi connectivity index (χ0n) is 9.19. The number of alkyl halides is 1. The van der Waals surface area contributed by atoms with Gasteiger partial charge in [0.05, 0.1) is 5.38 Å². The summed E-state index contributed by atoms with van der Waals surface area (Å²) in [7, 11) is 0. The van der Waals surface area contributed by atoms with E-state index in [4.69, 9.17) is 11.6 Å². The van der Waals surface area contributed by atoms with Crippen LogP contribution in [0.25, 0.3) is 0 Å². The van der Waals surface area contributed by atoms with E-state index >= 15 is 0 Å². The van der Waals surface area contributed by atoms with Crippen molar-refractivity contribution in [2.75, 3.05) is 0 Å². The summed E-state index contributed by atoms with van der Waals surface area (Å²) in [5, 5.41) is 0.0664. The molecule has 1 aliphatic rings. The Morgan fingerprint density at radius 2 is 1.80 bits per heavy atom. The lowest BCUT2D eigenvalue weighted by Crippen LogP contribution is -2.16. The number of aryl methyl sites for hydroxylation is 2. The third-order valence-electron chi connectivity index (χ3n) is 3.34. The second-order valence-electron chi connectivity index (χ2n) is 4.56. The van der Waals surface area contributed by atoms with Gasteiger partial charge in [-0.15, -0.1) is 11.6 Å². The van der Waals surface area contributed by atoms with Gasteiger partial charge in [-0.1, -0.05) is 18.6 Å². The van der Waals surface area contributed by atoms with Gasteiger partial charge in [0.15, 0.2) is 0 Å². The molecule has 0 heterocycles. The largest absolute Gasteiger partial charge is 0.206 e. The molecule has 1 aromatic carbocycles. The SMILES string of the molecule is Cc1cc(C(Cl)C2CCC2)cc(C)c1F. The molecule has 0 bridgehead atoms. The highest BCUT2D eigenvalue weighted by Gasteiger charge is 2.27. The molecule has 1 saturated carbocycles. The Bertz CT molecular complexity index is 346. The lowest BCUT2D eigenvalue weighted by molar-refractivity contribution is 0.305. The average molecular weight is 227 g/mol. The van der Waals surface area contributed by atoms with Crippen molar-refractivity contribution in [2.45, 2.75) is 38.5 Å². The maximum atomic E-state index is 13.4. The molecule has 0 N–H and O–H groups in total. The summed E-state index contributed by atoms with van der Waals surface area (Å²) in [6, 6.07) is 3.77. The van der Waals surface area contributed by atoms with E-state index in [0.717, 1.165) is 5.56 Å². The first-order chi connectivity index (χ1) is 7.09. The van der Waals surface area contributed by atoms with Crippen molar-refractivity contribution >= 4 is 11.6 Å². The fourth-order valence-electron chi connectivity index (χ4n) is 2.14. The number of benzene rings is 1. The third kappa shape index (κ3) is 2.03. The Morgan fingerprint density at radius 1 is 1.27 bits per heavy atom. The van der Waals surface area contributed by atoms with Gasteiger partial charge in [-0.05, 0) is 49.3 Å². The molecule has 2 heteroatoms. The molecule has 0 aliphatic heterocycles. The number of halogens is 2. The monoisotopic (exact) mass is 226 g/mol. The van der Waals surface area contributed by atoms with Crippen LogP contribution in [0.5, 0.6) is 0 Å². The van der Waals surface area contributed by atoms with Gasteiger partial charge >= 0.3 is 0 Å². The highest BCUT2D eigenvalue weighted by Crippen LogP contribution is 2.42. The van der Waals surface area contributed by atoms with Crippen molar-refractivity contribution in [2.24, 2.45) is 5.92 Å². The summed E-state index contributed by atoms with van der Waals surface area (Å²) in [6.07, 6.45) is 3.71. The smallest absolute Gasteiger partial charge is 0.129 e. The standard InChI is InChI=1S/C13H16ClF/c1-8-6-11(7-9(2)13(8)15)12(14)10-4-3-5-10/h6-7,10,12H,3-5H2,1-2H3. The first-order valence-electron chi connectivity index (χ1n) is 5.50. The van der Waals surface area contributed by atoms with E-state index in [2.05, 4.69) is 0 Å². The molecule has 82 valence electrons. The minimum Gasteiger partial charge on any atom is -0.206 e. The van der Waals surface area contributed by atoms with Crippen molar-refractivity contribution < 1.29 is 4.39 Å². The predicted molar refractivity (Wildman–Crippen MR) is 61.8 cm³/mol. The molecule has 15 heavy (non-hydrogen) atoms. The van der Waals surface area contributed by atoms with Crippen LogP contribution < -0.4 is 0 Å². The molecule has 0 amide bonds. The Kier molecular flexibility index (Phi) is 3.01. The second kappa shape index (κ2) is 4.13. The van der Waals surface area contributed by atoms with Crippen LogP contribution in [0.2, 0.25) is 0 Å². The molecule has 0 saturated heterocycles. The summed E-state index contributed by atoms with van der Waals surface area (Å²) in [5.41, 5.74) is 2.49. The molecule has 1 atom stereocenters. The fourth-order valence-corrected chi connectivity index (χ4v) is 2.52. The number of rotatable bonds is 2. The van der Waals surface area contributed by atoms with E-state index in [1.807, 2.05) is 12.1 Å². The van der Waals surface area contributed by atoms with Crippen LogP contribution in [0, 0.1) is 25.6 Å². The van der Waals surface area contributed by atoms with E-state index in [1.54, 1.807) is 13.8 Å². The van der Waals surface area contributed by atoms with Crippen LogP contribution >= 0.6 is 11.6 Å². The van der Waals surface area contributed by atoms with Crippen molar-refractivity contribution in [3.05, 3.63) is 34.6 Å². The summed E-state index contributed by atoms with van der Waals surface area (Å²) in [6.45, 7) is 3.60. The summed E-state index contributed by atoms with van der Waals surface area (Å²) < 4.78 is 13.4. The lowest BCUT2D eigenvalue weighted by Gasteiger charge is -2.30. The topological polar surface area (TPSA) is 0 Å². The van der Waals surface area contributed by atoms with Gasteiger partial charge in [0.1, 0.15) is 5.82 Å². The van der Waals surface area contributed by atoms with E-state index in [0.29, 0.717) is 17.0 Å². The van der Waals surface area contributed by atoms with E-state index < -0.39 is 0 Å².